The smallest absolute Gasteiger partial charge is 0.243 e. The molecule has 2 aliphatic rings. The topological polar surface area (TPSA) is 86.8 Å². The van der Waals surface area contributed by atoms with E-state index < -0.39 is 20.0 Å². The number of rotatable bonds is 8. The molecule has 0 saturated heterocycles. The van der Waals surface area contributed by atoms with Gasteiger partial charge in [-0.05, 0) is 68.0 Å². The molecule has 180 valence electrons. The Morgan fingerprint density at radius 3 is 2.48 bits per heavy atom. The zero-order valence-corrected chi connectivity index (χ0v) is 21.0. The zero-order chi connectivity index (χ0) is 23.6. The molecular formula is C24H33N3O4S2. The molecule has 1 fully saturated rings. The maximum atomic E-state index is 13.8. The minimum absolute atomic E-state index is 0.0512. The van der Waals surface area contributed by atoms with Gasteiger partial charge in [0.1, 0.15) is 0 Å². The van der Waals surface area contributed by atoms with Crippen molar-refractivity contribution in [3.63, 3.8) is 0 Å². The van der Waals surface area contributed by atoms with Crippen LogP contribution in [0.25, 0.3) is 0 Å². The monoisotopic (exact) mass is 491 g/mol. The fourth-order valence-corrected chi connectivity index (χ4v) is 7.28. The first-order valence-electron chi connectivity index (χ1n) is 11.6. The Morgan fingerprint density at radius 2 is 1.79 bits per heavy atom. The molecule has 0 unspecified atom stereocenters. The van der Waals surface area contributed by atoms with Crippen molar-refractivity contribution in [3.05, 3.63) is 53.6 Å². The van der Waals surface area contributed by atoms with E-state index in [2.05, 4.69) is 28.7 Å². The molecule has 0 atom stereocenters. The van der Waals surface area contributed by atoms with Gasteiger partial charge in [-0.25, -0.2) is 16.8 Å². The van der Waals surface area contributed by atoms with Gasteiger partial charge in [0.15, 0.2) is 0 Å². The molecular weight excluding hydrogens is 458 g/mol. The van der Waals surface area contributed by atoms with E-state index in [1.165, 1.54) is 23.4 Å². The second kappa shape index (κ2) is 9.64. The molecule has 33 heavy (non-hydrogen) atoms. The van der Waals surface area contributed by atoms with Crippen molar-refractivity contribution in [3.8, 4) is 0 Å². The van der Waals surface area contributed by atoms with E-state index in [1.54, 1.807) is 16.4 Å². The van der Waals surface area contributed by atoms with Gasteiger partial charge in [-0.2, -0.15) is 4.31 Å². The molecule has 0 bridgehead atoms. The Labute approximate surface area is 197 Å². The van der Waals surface area contributed by atoms with Crippen molar-refractivity contribution in [2.75, 3.05) is 29.0 Å². The molecule has 1 aliphatic carbocycles. The average Bonchev–Trinajstić information content (AvgIpc) is 3.30. The van der Waals surface area contributed by atoms with Crippen molar-refractivity contribution < 1.29 is 16.8 Å². The third kappa shape index (κ3) is 5.53. The summed E-state index contributed by atoms with van der Waals surface area (Å²) in [5.74, 6) is 0. The Morgan fingerprint density at radius 1 is 1.03 bits per heavy atom. The molecule has 4 rings (SSSR count). The molecule has 9 heteroatoms. The summed E-state index contributed by atoms with van der Waals surface area (Å²) >= 11 is 0. The Bertz CT molecular complexity index is 1210. The number of fused-ring (bicyclic) bond motifs is 1. The van der Waals surface area contributed by atoms with E-state index in [-0.39, 0.29) is 16.6 Å². The highest BCUT2D eigenvalue weighted by Gasteiger charge is 2.34. The van der Waals surface area contributed by atoms with Crippen LogP contribution in [0.5, 0.6) is 0 Å². The van der Waals surface area contributed by atoms with Crippen LogP contribution < -0.4 is 9.62 Å². The summed E-state index contributed by atoms with van der Waals surface area (Å²) in [5, 5.41) is 0. The number of aryl methyl sites for hydroxylation is 1. The van der Waals surface area contributed by atoms with Crippen LogP contribution in [0.4, 0.5) is 11.4 Å². The molecule has 1 N–H and O–H groups in total. The lowest BCUT2D eigenvalue weighted by Gasteiger charge is -2.32. The summed E-state index contributed by atoms with van der Waals surface area (Å²) in [6.07, 6.45) is 6.88. The number of anilines is 2. The van der Waals surface area contributed by atoms with Crippen LogP contribution in [-0.4, -0.2) is 46.5 Å². The summed E-state index contributed by atoms with van der Waals surface area (Å²) in [4.78, 5) is 2.48. The molecule has 1 heterocycles. The predicted molar refractivity (Wildman–Crippen MR) is 133 cm³/mol. The minimum Gasteiger partial charge on any atom is -0.372 e. The second-order valence-corrected chi connectivity index (χ2v) is 12.7. The van der Waals surface area contributed by atoms with Crippen molar-refractivity contribution >= 4 is 31.4 Å². The number of benzene rings is 2. The van der Waals surface area contributed by atoms with Gasteiger partial charge in [0.2, 0.25) is 20.0 Å². The van der Waals surface area contributed by atoms with Gasteiger partial charge in [0.05, 0.1) is 11.2 Å². The first-order chi connectivity index (χ1) is 15.7. The maximum Gasteiger partial charge on any atom is 0.243 e. The molecule has 2 aromatic carbocycles. The van der Waals surface area contributed by atoms with Gasteiger partial charge in [0.25, 0.3) is 0 Å². The van der Waals surface area contributed by atoms with Gasteiger partial charge in [0, 0.05) is 37.1 Å². The largest absolute Gasteiger partial charge is 0.372 e. The number of nitrogens with zero attached hydrogens (tertiary/aromatic N) is 2. The first-order valence-corrected chi connectivity index (χ1v) is 15.0. The maximum absolute atomic E-state index is 13.8. The fourth-order valence-electron chi connectivity index (χ4n) is 5.01. The molecule has 1 saturated carbocycles. The van der Waals surface area contributed by atoms with Gasteiger partial charge in [-0.1, -0.05) is 31.0 Å². The third-order valence-electron chi connectivity index (χ3n) is 6.55. The van der Waals surface area contributed by atoms with Crippen molar-refractivity contribution in [1.82, 2.24) is 4.31 Å². The van der Waals surface area contributed by atoms with E-state index in [0.29, 0.717) is 6.54 Å². The molecule has 1 aliphatic heterocycles. The number of sulfonamides is 2. The van der Waals surface area contributed by atoms with Crippen LogP contribution in [-0.2, 0) is 33.0 Å². The van der Waals surface area contributed by atoms with Gasteiger partial charge >= 0.3 is 0 Å². The molecule has 0 spiro atoms. The quantitative estimate of drug-likeness (QED) is 0.604. The molecule has 0 aromatic heterocycles. The third-order valence-corrected chi connectivity index (χ3v) is 9.06. The molecule has 7 nitrogen and oxygen atoms in total. The summed E-state index contributed by atoms with van der Waals surface area (Å²) in [6, 6.07) is 12.4. The molecule has 0 amide bonds. The lowest BCUT2D eigenvalue weighted by Crippen LogP contribution is -2.38. The highest BCUT2D eigenvalue weighted by atomic mass is 32.2. The highest BCUT2D eigenvalue weighted by molar-refractivity contribution is 7.92. The lowest BCUT2D eigenvalue weighted by atomic mass is 9.99. The molecule has 2 aromatic rings. The van der Waals surface area contributed by atoms with Crippen LogP contribution in [0.1, 0.15) is 50.2 Å². The fraction of sp³-hybridized carbons (Fsp3) is 0.500. The van der Waals surface area contributed by atoms with E-state index in [4.69, 9.17) is 0 Å². The minimum atomic E-state index is -3.81. The molecule has 0 radical (unpaired) electrons. The number of nitrogens with one attached hydrogen (secondary N) is 1. The predicted octanol–water partition coefficient (Wildman–Crippen LogP) is 3.96. The number of hydrogen-bond acceptors (Lipinski definition) is 5. The normalized spacial score (nSPS) is 17.4. The van der Waals surface area contributed by atoms with E-state index >= 15 is 0 Å². The Kier molecular flexibility index (Phi) is 7.02. The summed E-state index contributed by atoms with van der Waals surface area (Å²) in [7, 11) is -7.31. The summed E-state index contributed by atoms with van der Waals surface area (Å²) in [6.45, 7) is 4.50. The second-order valence-electron chi connectivity index (χ2n) is 9.04. The SMILES string of the molecule is CCN1CCCc2cc(CN(C3CCCC3)S(=O)(=O)c3cccc(NS(C)(=O)=O)c3)ccc21. The first kappa shape index (κ1) is 24.0. The zero-order valence-electron chi connectivity index (χ0n) is 19.3. The van der Waals surface area contributed by atoms with Crippen LogP contribution in [0, 0.1) is 0 Å². The van der Waals surface area contributed by atoms with Gasteiger partial charge in [-0.15, -0.1) is 0 Å². The van der Waals surface area contributed by atoms with Crippen LogP contribution >= 0.6 is 0 Å². The standard InChI is InChI=1S/C24H33N3O4S2/c1-3-26-15-7-8-20-16-19(13-14-24(20)26)18-27(22-10-4-5-11-22)33(30,31)23-12-6-9-21(17-23)25-32(2,28)29/h6,9,12-14,16-17,22,25H,3-5,7-8,10-11,15,18H2,1-2H3. The van der Waals surface area contributed by atoms with Crippen molar-refractivity contribution in [2.24, 2.45) is 0 Å². The van der Waals surface area contributed by atoms with Gasteiger partial charge in [-0.3, -0.25) is 4.72 Å². The van der Waals surface area contributed by atoms with Crippen molar-refractivity contribution in [2.45, 2.75) is 62.9 Å². The summed E-state index contributed by atoms with van der Waals surface area (Å²) in [5.41, 5.74) is 3.78. The van der Waals surface area contributed by atoms with E-state index in [9.17, 15) is 16.8 Å². The van der Waals surface area contributed by atoms with Crippen molar-refractivity contribution in [1.29, 1.82) is 0 Å². The van der Waals surface area contributed by atoms with Gasteiger partial charge < -0.3 is 4.90 Å². The van der Waals surface area contributed by atoms with Crippen LogP contribution in [0.3, 0.4) is 0 Å². The Balaban J connectivity index is 1.66. The van der Waals surface area contributed by atoms with Crippen LogP contribution in [0.2, 0.25) is 0 Å². The number of hydrogen-bond donors (Lipinski definition) is 1. The summed E-state index contributed by atoms with van der Waals surface area (Å²) < 4.78 is 54.8. The average molecular weight is 492 g/mol. The highest BCUT2D eigenvalue weighted by Crippen LogP contribution is 2.33. The lowest BCUT2D eigenvalue weighted by molar-refractivity contribution is 0.316. The van der Waals surface area contributed by atoms with E-state index in [1.807, 2.05) is 6.07 Å². The van der Waals surface area contributed by atoms with E-state index in [0.717, 1.165) is 63.4 Å². The Hall–Kier alpha value is -2.10. The van der Waals surface area contributed by atoms with Crippen LogP contribution in [0.15, 0.2) is 47.4 Å².